The zero-order valence-corrected chi connectivity index (χ0v) is 8.30. The average molecular weight is 206 g/mol. The number of aromatic nitrogens is 1. The molecule has 80 valence electrons. The Hall–Kier alpha value is -2.11. The van der Waals surface area contributed by atoms with E-state index >= 15 is 0 Å². The first-order chi connectivity index (χ1) is 7.18. The Morgan fingerprint density at radius 1 is 1.33 bits per heavy atom. The van der Waals surface area contributed by atoms with E-state index < -0.39 is 0 Å². The molecule has 0 saturated heterocycles. The second kappa shape index (κ2) is 5.58. The monoisotopic (exact) mass is 206 g/mol. The Morgan fingerprint density at radius 3 is 2.73 bits per heavy atom. The van der Waals surface area contributed by atoms with Crippen molar-refractivity contribution >= 4 is 11.9 Å². The fraction of sp³-hybridized carbons (Fsp3) is 0.222. The maximum absolute atomic E-state index is 5.43. The van der Waals surface area contributed by atoms with Crippen molar-refractivity contribution in [3.8, 4) is 0 Å². The Bertz CT molecular complexity index is 352. The van der Waals surface area contributed by atoms with Crippen molar-refractivity contribution in [1.29, 1.82) is 0 Å². The molecule has 0 aliphatic heterocycles. The van der Waals surface area contributed by atoms with Gasteiger partial charge in [-0.25, -0.2) is 0 Å². The molecule has 0 fully saturated rings. The van der Waals surface area contributed by atoms with Crippen LogP contribution in [0.1, 0.15) is 5.56 Å². The molecule has 1 rings (SSSR count). The second-order valence-electron chi connectivity index (χ2n) is 2.89. The van der Waals surface area contributed by atoms with Gasteiger partial charge in [0.05, 0.1) is 0 Å². The van der Waals surface area contributed by atoms with E-state index in [0.29, 0.717) is 6.54 Å². The van der Waals surface area contributed by atoms with Crippen molar-refractivity contribution in [2.75, 3.05) is 6.54 Å². The number of guanidine groups is 2. The van der Waals surface area contributed by atoms with Crippen LogP contribution in [-0.2, 0) is 6.42 Å². The van der Waals surface area contributed by atoms with Gasteiger partial charge in [-0.15, -0.1) is 0 Å². The van der Waals surface area contributed by atoms with E-state index in [2.05, 4.69) is 15.0 Å². The molecule has 0 aliphatic carbocycles. The number of pyridine rings is 1. The lowest BCUT2D eigenvalue weighted by Gasteiger charge is -1.97. The third kappa shape index (κ3) is 4.61. The maximum atomic E-state index is 5.43. The third-order valence-corrected chi connectivity index (χ3v) is 1.64. The van der Waals surface area contributed by atoms with Gasteiger partial charge < -0.3 is 17.2 Å². The number of nitrogens with zero attached hydrogens (tertiary/aromatic N) is 3. The largest absolute Gasteiger partial charge is 0.370 e. The first-order valence-electron chi connectivity index (χ1n) is 4.47. The molecule has 0 unspecified atom stereocenters. The zero-order chi connectivity index (χ0) is 11.1. The first-order valence-corrected chi connectivity index (χ1v) is 4.47. The average Bonchev–Trinajstić information content (AvgIpc) is 2.18. The van der Waals surface area contributed by atoms with Crippen LogP contribution < -0.4 is 17.2 Å². The van der Waals surface area contributed by atoms with Crippen LogP contribution in [0.2, 0.25) is 0 Å². The van der Waals surface area contributed by atoms with E-state index in [1.165, 1.54) is 0 Å². The summed E-state index contributed by atoms with van der Waals surface area (Å²) in [4.78, 5) is 11.6. The Morgan fingerprint density at radius 2 is 2.13 bits per heavy atom. The summed E-state index contributed by atoms with van der Waals surface area (Å²) in [5, 5.41) is 0. The topological polar surface area (TPSA) is 116 Å². The summed E-state index contributed by atoms with van der Waals surface area (Å²) < 4.78 is 0. The molecule has 0 aliphatic rings. The molecule has 0 spiro atoms. The van der Waals surface area contributed by atoms with Gasteiger partial charge in [-0.2, -0.15) is 4.99 Å². The van der Waals surface area contributed by atoms with Gasteiger partial charge in [0.15, 0.2) is 5.96 Å². The van der Waals surface area contributed by atoms with Gasteiger partial charge in [-0.3, -0.25) is 9.98 Å². The van der Waals surface area contributed by atoms with E-state index in [0.717, 1.165) is 12.0 Å². The quantitative estimate of drug-likeness (QED) is 0.444. The summed E-state index contributed by atoms with van der Waals surface area (Å²) in [5.41, 5.74) is 16.8. The van der Waals surface area contributed by atoms with Crippen LogP contribution >= 0.6 is 0 Å². The predicted molar refractivity (Wildman–Crippen MR) is 60.2 cm³/mol. The molecule has 0 amide bonds. The lowest BCUT2D eigenvalue weighted by molar-refractivity contribution is 0.953. The predicted octanol–water partition coefficient (Wildman–Crippen LogP) is -0.788. The molecule has 0 radical (unpaired) electrons. The summed E-state index contributed by atoms with van der Waals surface area (Å²) in [6, 6.07) is 3.84. The molecule has 6 N–H and O–H groups in total. The van der Waals surface area contributed by atoms with Crippen LogP contribution in [0.3, 0.4) is 0 Å². The Labute approximate surface area is 87.9 Å². The van der Waals surface area contributed by atoms with Crippen molar-refractivity contribution in [2.24, 2.45) is 27.2 Å². The third-order valence-electron chi connectivity index (χ3n) is 1.64. The number of aliphatic imine (C=N–C) groups is 2. The lowest BCUT2D eigenvalue weighted by Crippen LogP contribution is -2.26. The molecular formula is C9H14N6. The van der Waals surface area contributed by atoms with Crippen LogP contribution in [0.15, 0.2) is 34.5 Å². The Kier molecular flexibility index (Phi) is 4.08. The molecule has 1 heterocycles. The number of hydrogen-bond acceptors (Lipinski definition) is 2. The van der Waals surface area contributed by atoms with Gasteiger partial charge in [-0.05, 0) is 18.1 Å². The first kappa shape index (κ1) is 11.0. The highest BCUT2D eigenvalue weighted by Gasteiger charge is 1.92. The van der Waals surface area contributed by atoms with Crippen LogP contribution in [0.25, 0.3) is 0 Å². The van der Waals surface area contributed by atoms with Gasteiger partial charge in [-0.1, -0.05) is 6.07 Å². The highest BCUT2D eigenvalue weighted by Crippen LogP contribution is 1.96. The minimum Gasteiger partial charge on any atom is -0.370 e. The second-order valence-corrected chi connectivity index (χ2v) is 2.89. The van der Waals surface area contributed by atoms with Crippen molar-refractivity contribution in [2.45, 2.75) is 6.42 Å². The standard InChI is InChI=1S/C9H14N6/c10-8(11)15-9(12)14-5-3-7-2-1-4-13-6-7/h1-2,4,6H,3,5H2,(H6,10,11,12,14,15). The number of rotatable bonds is 3. The highest BCUT2D eigenvalue weighted by molar-refractivity contribution is 5.92. The van der Waals surface area contributed by atoms with Crippen molar-refractivity contribution < 1.29 is 0 Å². The molecule has 15 heavy (non-hydrogen) atoms. The van der Waals surface area contributed by atoms with Crippen LogP contribution in [0, 0.1) is 0 Å². The molecule has 1 aromatic heterocycles. The summed E-state index contributed by atoms with van der Waals surface area (Å²) in [6.07, 6.45) is 4.27. The summed E-state index contributed by atoms with van der Waals surface area (Å²) in [7, 11) is 0. The summed E-state index contributed by atoms with van der Waals surface area (Å²) in [5.74, 6) is 0.0107. The van der Waals surface area contributed by atoms with Gasteiger partial charge in [0.1, 0.15) is 0 Å². The van der Waals surface area contributed by atoms with Crippen LogP contribution in [0.5, 0.6) is 0 Å². The molecule has 1 aromatic rings. The minimum atomic E-state index is -0.0855. The maximum Gasteiger partial charge on any atom is 0.218 e. The SMILES string of the molecule is NC(N)=NC(N)=NCCc1cccnc1. The van der Waals surface area contributed by atoms with Crippen molar-refractivity contribution in [3.05, 3.63) is 30.1 Å². The minimum absolute atomic E-state index is 0.0855. The Balaban J connectivity index is 2.42. The highest BCUT2D eigenvalue weighted by atomic mass is 15.1. The molecular weight excluding hydrogens is 192 g/mol. The van der Waals surface area contributed by atoms with E-state index in [9.17, 15) is 0 Å². The summed E-state index contributed by atoms with van der Waals surface area (Å²) in [6.45, 7) is 0.536. The smallest absolute Gasteiger partial charge is 0.218 e. The normalized spacial score (nSPS) is 11.1. The fourth-order valence-corrected chi connectivity index (χ4v) is 1.01. The molecule has 6 nitrogen and oxygen atoms in total. The molecule has 6 heteroatoms. The van der Waals surface area contributed by atoms with Gasteiger partial charge in [0.25, 0.3) is 0 Å². The van der Waals surface area contributed by atoms with E-state index in [-0.39, 0.29) is 11.9 Å². The zero-order valence-electron chi connectivity index (χ0n) is 8.30. The van der Waals surface area contributed by atoms with E-state index in [1.54, 1.807) is 12.4 Å². The fourth-order valence-electron chi connectivity index (χ4n) is 1.01. The van der Waals surface area contributed by atoms with Gasteiger partial charge in [0, 0.05) is 18.9 Å². The summed E-state index contributed by atoms with van der Waals surface area (Å²) >= 11 is 0. The molecule has 0 bridgehead atoms. The van der Waals surface area contributed by atoms with E-state index in [1.807, 2.05) is 12.1 Å². The lowest BCUT2D eigenvalue weighted by atomic mass is 10.2. The molecule has 0 saturated carbocycles. The van der Waals surface area contributed by atoms with Gasteiger partial charge >= 0.3 is 0 Å². The van der Waals surface area contributed by atoms with Crippen molar-refractivity contribution in [3.63, 3.8) is 0 Å². The van der Waals surface area contributed by atoms with Crippen LogP contribution in [0.4, 0.5) is 0 Å². The van der Waals surface area contributed by atoms with Crippen LogP contribution in [-0.4, -0.2) is 23.4 Å². The van der Waals surface area contributed by atoms with E-state index in [4.69, 9.17) is 17.2 Å². The molecule has 0 atom stereocenters. The molecule has 0 aromatic carbocycles. The van der Waals surface area contributed by atoms with Crippen molar-refractivity contribution in [1.82, 2.24) is 4.98 Å². The number of hydrogen-bond donors (Lipinski definition) is 3. The van der Waals surface area contributed by atoms with Gasteiger partial charge in [0.2, 0.25) is 5.96 Å². The number of nitrogens with two attached hydrogens (primary N) is 3.